The summed E-state index contributed by atoms with van der Waals surface area (Å²) >= 11 is 0. The Bertz CT molecular complexity index is 682. The molecule has 1 aliphatic heterocycles. The fourth-order valence-corrected chi connectivity index (χ4v) is 3.79. The number of carbonyl (C=O) groups is 3. The van der Waals surface area contributed by atoms with E-state index >= 15 is 0 Å². The molecule has 0 radical (unpaired) electrons. The quantitative estimate of drug-likeness (QED) is 0.821. The summed E-state index contributed by atoms with van der Waals surface area (Å²) in [4.78, 5) is 38.3. The molecule has 0 spiro atoms. The molecule has 2 aliphatic rings. The molecule has 6 nitrogen and oxygen atoms in total. The highest BCUT2D eigenvalue weighted by Gasteiger charge is 2.39. The molecule has 0 unspecified atom stereocenters. The van der Waals surface area contributed by atoms with Gasteiger partial charge in [-0.3, -0.25) is 14.4 Å². The Balaban J connectivity index is 1.47. The Morgan fingerprint density at radius 2 is 1.92 bits per heavy atom. The maximum Gasteiger partial charge on any atom is 0.311 e. The van der Waals surface area contributed by atoms with Crippen LogP contribution >= 0.6 is 0 Å². The number of carbonyl (C=O) groups excluding carboxylic acids is 3. The number of ether oxygens (including phenoxy) is 1. The predicted molar refractivity (Wildman–Crippen MR) is 97.5 cm³/mol. The summed E-state index contributed by atoms with van der Waals surface area (Å²) in [6, 6.07) is 7.68. The second-order valence-electron chi connectivity index (χ2n) is 7.21. The van der Waals surface area contributed by atoms with E-state index in [9.17, 15) is 14.4 Å². The number of nitrogens with one attached hydrogen (secondary N) is 1. The zero-order valence-corrected chi connectivity index (χ0v) is 15.2. The standard InChI is InChI=1S/C20H26N2O4/c1-14-7-5-6-10-17(14)21-18(23)13-26-20(25)15-11-19(24)22(12-15)16-8-3-2-4-9-16/h5-7,10,15-16H,2-4,8-9,11-13H2,1H3,(H,21,23)/t15-/m0/s1. The van der Waals surface area contributed by atoms with E-state index in [1.54, 1.807) is 6.07 Å². The number of rotatable bonds is 5. The van der Waals surface area contributed by atoms with Gasteiger partial charge in [0.25, 0.3) is 5.91 Å². The molecule has 1 N–H and O–H groups in total. The monoisotopic (exact) mass is 358 g/mol. The van der Waals surface area contributed by atoms with Crippen LogP contribution in [0.2, 0.25) is 0 Å². The van der Waals surface area contributed by atoms with Crippen LogP contribution in [0.4, 0.5) is 5.69 Å². The molecular weight excluding hydrogens is 332 g/mol. The number of esters is 1. The third-order valence-electron chi connectivity index (χ3n) is 5.27. The molecule has 1 atom stereocenters. The molecule has 6 heteroatoms. The molecule has 0 aromatic heterocycles. The van der Waals surface area contributed by atoms with Crippen LogP contribution in [0.5, 0.6) is 0 Å². The second kappa shape index (κ2) is 8.34. The van der Waals surface area contributed by atoms with Crippen molar-refractivity contribution in [1.29, 1.82) is 0 Å². The lowest BCUT2D eigenvalue weighted by molar-refractivity contribution is -0.151. The molecule has 1 saturated carbocycles. The average molecular weight is 358 g/mol. The molecule has 1 aliphatic carbocycles. The van der Waals surface area contributed by atoms with Gasteiger partial charge in [0.2, 0.25) is 5.91 Å². The molecule has 1 heterocycles. The van der Waals surface area contributed by atoms with Crippen molar-refractivity contribution < 1.29 is 19.1 Å². The van der Waals surface area contributed by atoms with E-state index in [1.165, 1.54) is 6.42 Å². The summed E-state index contributed by atoms with van der Waals surface area (Å²) in [5.74, 6) is -1.27. The minimum Gasteiger partial charge on any atom is -0.455 e. The van der Waals surface area contributed by atoms with E-state index in [0.717, 1.165) is 31.2 Å². The van der Waals surface area contributed by atoms with Crippen molar-refractivity contribution in [2.75, 3.05) is 18.5 Å². The maximum absolute atomic E-state index is 12.3. The smallest absolute Gasteiger partial charge is 0.311 e. The van der Waals surface area contributed by atoms with E-state index in [4.69, 9.17) is 4.74 Å². The van der Waals surface area contributed by atoms with Crippen LogP contribution in [-0.2, 0) is 19.1 Å². The third-order valence-corrected chi connectivity index (χ3v) is 5.27. The first-order valence-electron chi connectivity index (χ1n) is 9.36. The number of benzene rings is 1. The molecule has 0 bridgehead atoms. The van der Waals surface area contributed by atoms with Crippen LogP contribution in [0, 0.1) is 12.8 Å². The lowest BCUT2D eigenvalue weighted by Crippen LogP contribution is -2.38. The number of nitrogens with zero attached hydrogens (tertiary/aromatic N) is 1. The fraction of sp³-hybridized carbons (Fsp3) is 0.550. The van der Waals surface area contributed by atoms with Gasteiger partial charge in [0.1, 0.15) is 0 Å². The Hall–Kier alpha value is -2.37. The Kier molecular flexibility index (Phi) is 5.91. The summed E-state index contributed by atoms with van der Waals surface area (Å²) in [6.07, 6.45) is 5.73. The summed E-state index contributed by atoms with van der Waals surface area (Å²) in [5.41, 5.74) is 1.64. The van der Waals surface area contributed by atoms with Gasteiger partial charge in [-0.1, -0.05) is 37.5 Å². The van der Waals surface area contributed by atoms with Crippen LogP contribution in [0.15, 0.2) is 24.3 Å². The summed E-state index contributed by atoms with van der Waals surface area (Å²) in [7, 11) is 0. The van der Waals surface area contributed by atoms with Crippen molar-refractivity contribution in [2.24, 2.45) is 5.92 Å². The number of likely N-dealkylation sites (tertiary alicyclic amines) is 1. The topological polar surface area (TPSA) is 75.7 Å². The van der Waals surface area contributed by atoms with Crippen molar-refractivity contribution in [3.8, 4) is 0 Å². The predicted octanol–water partition coefficient (Wildman–Crippen LogP) is 2.66. The number of aryl methyl sites for hydroxylation is 1. The normalized spacial score (nSPS) is 20.9. The molecule has 1 saturated heterocycles. The molecule has 1 aromatic rings. The molecule has 2 amide bonds. The van der Waals surface area contributed by atoms with E-state index in [-0.39, 0.29) is 30.9 Å². The SMILES string of the molecule is Cc1ccccc1NC(=O)COC(=O)[C@H]1CC(=O)N(C2CCCCC2)C1. The van der Waals surface area contributed by atoms with Crippen LogP contribution in [0.25, 0.3) is 0 Å². The van der Waals surface area contributed by atoms with Gasteiger partial charge in [0.15, 0.2) is 6.61 Å². The van der Waals surface area contributed by atoms with Crippen LogP contribution in [0.1, 0.15) is 44.1 Å². The Labute approximate surface area is 153 Å². The highest BCUT2D eigenvalue weighted by atomic mass is 16.5. The Morgan fingerprint density at radius 3 is 2.65 bits per heavy atom. The first-order chi connectivity index (χ1) is 12.5. The Morgan fingerprint density at radius 1 is 1.19 bits per heavy atom. The average Bonchev–Trinajstić information content (AvgIpc) is 3.04. The number of amides is 2. The van der Waals surface area contributed by atoms with Gasteiger partial charge in [-0.05, 0) is 31.4 Å². The van der Waals surface area contributed by atoms with Crippen molar-refractivity contribution in [2.45, 2.75) is 51.5 Å². The molecular formula is C20H26N2O4. The van der Waals surface area contributed by atoms with Gasteiger partial charge in [-0.2, -0.15) is 0 Å². The molecule has 140 valence electrons. The van der Waals surface area contributed by atoms with Gasteiger partial charge in [-0.15, -0.1) is 0 Å². The van der Waals surface area contributed by atoms with Gasteiger partial charge in [-0.25, -0.2) is 0 Å². The summed E-state index contributed by atoms with van der Waals surface area (Å²) < 4.78 is 5.15. The second-order valence-corrected chi connectivity index (χ2v) is 7.21. The number of para-hydroxylation sites is 1. The van der Waals surface area contributed by atoms with Crippen molar-refractivity contribution in [3.63, 3.8) is 0 Å². The third kappa shape index (κ3) is 4.42. The fourth-order valence-electron chi connectivity index (χ4n) is 3.79. The first kappa shape index (κ1) is 18.4. The zero-order chi connectivity index (χ0) is 18.5. The lowest BCUT2D eigenvalue weighted by Gasteiger charge is -2.31. The van der Waals surface area contributed by atoms with Gasteiger partial charge in [0, 0.05) is 24.7 Å². The highest BCUT2D eigenvalue weighted by Crippen LogP contribution is 2.29. The van der Waals surface area contributed by atoms with Crippen LogP contribution in [-0.4, -0.2) is 41.9 Å². The number of anilines is 1. The van der Waals surface area contributed by atoms with E-state index in [2.05, 4.69) is 5.32 Å². The summed E-state index contributed by atoms with van der Waals surface area (Å²) in [5, 5.41) is 2.73. The first-order valence-corrected chi connectivity index (χ1v) is 9.36. The highest BCUT2D eigenvalue weighted by molar-refractivity contribution is 5.94. The maximum atomic E-state index is 12.3. The van der Waals surface area contributed by atoms with Gasteiger partial charge in [0.05, 0.1) is 5.92 Å². The minimum absolute atomic E-state index is 0.0308. The summed E-state index contributed by atoms with van der Waals surface area (Å²) in [6.45, 7) is 1.98. The van der Waals surface area contributed by atoms with Crippen LogP contribution in [0.3, 0.4) is 0 Å². The molecule has 1 aromatic carbocycles. The molecule has 26 heavy (non-hydrogen) atoms. The van der Waals surface area contributed by atoms with Crippen molar-refractivity contribution in [3.05, 3.63) is 29.8 Å². The largest absolute Gasteiger partial charge is 0.455 e. The minimum atomic E-state index is -0.462. The zero-order valence-electron chi connectivity index (χ0n) is 15.2. The van der Waals surface area contributed by atoms with Gasteiger partial charge < -0.3 is 15.0 Å². The van der Waals surface area contributed by atoms with Gasteiger partial charge >= 0.3 is 5.97 Å². The number of hydrogen-bond donors (Lipinski definition) is 1. The van der Waals surface area contributed by atoms with Crippen LogP contribution < -0.4 is 5.32 Å². The van der Waals surface area contributed by atoms with Crippen molar-refractivity contribution >= 4 is 23.5 Å². The molecule has 3 rings (SSSR count). The molecule has 2 fully saturated rings. The number of hydrogen-bond acceptors (Lipinski definition) is 4. The van der Waals surface area contributed by atoms with E-state index < -0.39 is 11.9 Å². The van der Waals surface area contributed by atoms with Crippen molar-refractivity contribution in [1.82, 2.24) is 4.90 Å². The van der Waals surface area contributed by atoms with E-state index in [0.29, 0.717) is 12.2 Å². The van der Waals surface area contributed by atoms with E-state index in [1.807, 2.05) is 30.0 Å². The lowest BCUT2D eigenvalue weighted by atomic mass is 9.94.